The molecule has 1 amide bonds. The lowest BCUT2D eigenvalue weighted by Crippen LogP contribution is -2.42. The van der Waals surface area contributed by atoms with E-state index in [-0.39, 0.29) is 12.5 Å². The number of hydrogen-bond donors (Lipinski definition) is 1. The Bertz CT molecular complexity index is 426. The van der Waals surface area contributed by atoms with Crippen LogP contribution in [-0.4, -0.2) is 35.5 Å². The summed E-state index contributed by atoms with van der Waals surface area (Å²) in [5, 5.41) is 8.69. The number of carbonyl (C=O) groups excluding carboxylic acids is 1. The Morgan fingerprint density at radius 2 is 1.78 bits per heavy atom. The Kier molecular flexibility index (Phi) is 4.48. The maximum absolute atomic E-state index is 12.2. The van der Waals surface area contributed by atoms with E-state index >= 15 is 0 Å². The zero-order valence-corrected chi connectivity index (χ0v) is 11.0. The molecule has 1 aromatic carbocycles. The van der Waals surface area contributed by atoms with Crippen molar-refractivity contribution < 1.29 is 14.7 Å². The van der Waals surface area contributed by atoms with Crippen LogP contribution in [-0.2, 0) is 16.0 Å². The number of aliphatic carboxylic acids is 1. The summed E-state index contributed by atoms with van der Waals surface area (Å²) in [6.07, 6.45) is 0.594. The van der Waals surface area contributed by atoms with Crippen LogP contribution in [0.25, 0.3) is 0 Å². The zero-order valence-electron chi connectivity index (χ0n) is 11.0. The van der Waals surface area contributed by atoms with Crippen LogP contribution in [0.3, 0.4) is 0 Å². The topological polar surface area (TPSA) is 57.6 Å². The van der Waals surface area contributed by atoms with E-state index in [0.717, 1.165) is 5.56 Å². The van der Waals surface area contributed by atoms with Gasteiger partial charge in [0.1, 0.15) is 6.54 Å². The number of carboxylic acids is 1. The van der Waals surface area contributed by atoms with Crippen molar-refractivity contribution in [3.8, 4) is 0 Å². The average Bonchev–Trinajstić information content (AvgIpc) is 2.27. The normalized spacial score (nSPS) is 11.1. The van der Waals surface area contributed by atoms with Gasteiger partial charge in [-0.2, -0.15) is 0 Å². The van der Waals surface area contributed by atoms with Crippen molar-refractivity contribution in [1.82, 2.24) is 4.90 Å². The smallest absolute Gasteiger partial charge is 0.323 e. The van der Waals surface area contributed by atoms with Crippen molar-refractivity contribution in [2.75, 3.05) is 13.6 Å². The van der Waals surface area contributed by atoms with E-state index in [1.165, 1.54) is 11.9 Å². The van der Waals surface area contributed by atoms with Crippen molar-refractivity contribution in [2.24, 2.45) is 5.41 Å². The van der Waals surface area contributed by atoms with Crippen LogP contribution >= 0.6 is 0 Å². The van der Waals surface area contributed by atoms with Crippen LogP contribution in [0.5, 0.6) is 0 Å². The average molecular weight is 249 g/mol. The molecule has 1 rings (SSSR count). The van der Waals surface area contributed by atoms with E-state index < -0.39 is 11.4 Å². The van der Waals surface area contributed by atoms with Crippen LogP contribution in [0.15, 0.2) is 30.3 Å². The summed E-state index contributed by atoms with van der Waals surface area (Å²) in [6, 6.07) is 9.71. The SMILES string of the molecule is CN(CC(=O)O)C(=O)C(C)(C)Cc1ccccc1. The van der Waals surface area contributed by atoms with E-state index in [1.807, 2.05) is 44.2 Å². The highest BCUT2D eigenvalue weighted by Crippen LogP contribution is 2.24. The van der Waals surface area contributed by atoms with Crippen LogP contribution in [0.4, 0.5) is 0 Å². The number of rotatable bonds is 5. The number of likely N-dealkylation sites (N-methyl/N-ethyl adjacent to an activating group) is 1. The highest BCUT2D eigenvalue weighted by atomic mass is 16.4. The largest absolute Gasteiger partial charge is 0.480 e. The Morgan fingerprint density at radius 3 is 2.28 bits per heavy atom. The molecular weight excluding hydrogens is 230 g/mol. The number of hydrogen-bond acceptors (Lipinski definition) is 2. The first kappa shape index (κ1) is 14.2. The molecule has 0 aliphatic rings. The molecule has 0 radical (unpaired) electrons. The molecule has 0 spiro atoms. The zero-order chi connectivity index (χ0) is 13.8. The summed E-state index contributed by atoms with van der Waals surface area (Å²) in [6.45, 7) is 3.40. The van der Waals surface area contributed by atoms with Crippen molar-refractivity contribution in [2.45, 2.75) is 20.3 Å². The van der Waals surface area contributed by atoms with Gasteiger partial charge in [0.05, 0.1) is 0 Å². The molecule has 0 bridgehead atoms. The van der Waals surface area contributed by atoms with E-state index in [9.17, 15) is 9.59 Å². The van der Waals surface area contributed by atoms with Crippen LogP contribution < -0.4 is 0 Å². The second-order valence-corrected chi connectivity index (χ2v) is 5.10. The van der Waals surface area contributed by atoms with Gasteiger partial charge in [0, 0.05) is 12.5 Å². The van der Waals surface area contributed by atoms with Gasteiger partial charge in [0.15, 0.2) is 0 Å². The number of carbonyl (C=O) groups is 2. The molecule has 0 saturated carbocycles. The molecule has 0 fully saturated rings. The molecule has 0 unspecified atom stereocenters. The Morgan fingerprint density at radius 1 is 1.22 bits per heavy atom. The maximum Gasteiger partial charge on any atom is 0.323 e. The summed E-state index contributed by atoms with van der Waals surface area (Å²) in [5.74, 6) is -1.16. The standard InChI is InChI=1S/C14H19NO3/c1-14(2,9-11-7-5-4-6-8-11)13(18)15(3)10-12(16)17/h4-8H,9-10H2,1-3H3,(H,16,17). The van der Waals surface area contributed by atoms with E-state index in [4.69, 9.17) is 5.11 Å². The number of carboxylic acid groups (broad SMARTS) is 1. The quantitative estimate of drug-likeness (QED) is 0.865. The minimum atomic E-state index is -0.999. The van der Waals surface area contributed by atoms with Gasteiger partial charge in [-0.15, -0.1) is 0 Å². The first-order valence-electron chi connectivity index (χ1n) is 5.84. The van der Waals surface area contributed by atoms with Gasteiger partial charge in [0.2, 0.25) is 5.91 Å². The van der Waals surface area contributed by atoms with E-state index in [2.05, 4.69) is 0 Å². The van der Waals surface area contributed by atoms with Crippen LogP contribution in [0.1, 0.15) is 19.4 Å². The molecule has 0 aliphatic carbocycles. The van der Waals surface area contributed by atoms with Crippen molar-refractivity contribution >= 4 is 11.9 Å². The van der Waals surface area contributed by atoms with Crippen molar-refractivity contribution in [3.05, 3.63) is 35.9 Å². The summed E-state index contributed by atoms with van der Waals surface area (Å²) in [7, 11) is 1.52. The predicted molar refractivity (Wildman–Crippen MR) is 69.2 cm³/mol. The van der Waals surface area contributed by atoms with Crippen LogP contribution in [0.2, 0.25) is 0 Å². The fourth-order valence-corrected chi connectivity index (χ4v) is 1.97. The minimum Gasteiger partial charge on any atom is -0.480 e. The molecule has 1 aromatic rings. The summed E-state index contributed by atoms with van der Waals surface area (Å²) >= 11 is 0. The molecule has 0 aromatic heterocycles. The number of amides is 1. The second-order valence-electron chi connectivity index (χ2n) is 5.10. The Hall–Kier alpha value is -1.84. The third kappa shape index (κ3) is 3.87. The molecule has 4 nitrogen and oxygen atoms in total. The fourth-order valence-electron chi connectivity index (χ4n) is 1.97. The van der Waals surface area contributed by atoms with Gasteiger partial charge in [-0.1, -0.05) is 44.2 Å². The Balaban J connectivity index is 2.74. The lowest BCUT2D eigenvalue weighted by atomic mass is 9.84. The van der Waals surface area contributed by atoms with Gasteiger partial charge >= 0.3 is 5.97 Å². The summed E-state index contributed by atoms with van der Waals surface area (Å²) in [5.41, 5.74) is 0.463. The van der Waals surface area contributed by atoms with Gasteiger partial charge < -0.3 is 10.0 Å². The van der Waals surface area contributed by atoms with Crippen molar-refractivity contribution in [3.63, 3.8) is 0 Å². The molecular formula is C14H19NO3. The lowest BCUT2D eigenvalue weighted by molar-refractivity contribution is -0.147. The lowest BCUT2D eigenvalue weighted by Gasteiger charge is -2.28. The molecule has 98 valence electrons. The van der Waals surface area contributed by atoms with Gasteiger partial charge in [-0.25, -0.2) is 0 Å². The number of benzene rings is 1. The van der Waals surface area contributed by atoms with Gasteiger partial charge in [-0.3, -0.25) is 9.59 Å². The van der Waals surface area contributed by atoms with Crippen LogP contribution in [0, 0.1) is 5.41 Å². The van der Waals surface area contributed by atoms with E-state index in [0.29, 0.717) is 6.42 Å². The first-order valence-corrected chi connectivity index (χ1v) is 5.84. The van der Waals surface area contributed by atoms with Gasteiger partial charge in [0.25, 0.3) is 0 Å². The number of nitrogens with zero attached hydrogens (tertiary/aromatic N) is 1. The van der Waals surface area contributed by atoms with E-state index in [1.54, 1.807) is 0 Å². The predicted octanol–water partition coefficient (Wildman–Crippen LogP) is 1.80. The molecule has 4 heteroatoms. The molecule has 0 heterocycles. The molecule has 0 aliphatic heterocycles. The molecule has 0 saturated heterocycles. The molecule has 1 N–H and O–H groups in total. The Labute approximate surface area is 107 Å². The minimum absolute atomic E-state index is 0.159. The maximum atomic E-state index is 12.2. The first-order chi connectivity index (χ1) is 8.33. The fraction of sp³-hybridized carbons (Fsp3) is 0.429. The summed E-state index contributed by atoms with van der Waals surface area (Å²) in [4.78, 5) is 24.0. The van der Waals surface area contributed by atoms with Gasteiger partial charge in [-0.05, 0) is 12.0 Å². The summed E-state index contributed by atoms with van der Waals surface area (Å²) < 4.78 is 0. The van der Waals surface area contributed by atoms with Crippen molar-refractivity contribution in [1.29, 1.82) is 0 Å². The highest BCUT2D eigenvalue weighted by molar-refractivity contribution is 5.85. The monoisotopic (exact) mass is 249 g/mol. The molecule has 0 atom stereocenters. The third-order valence-corrected chi connectivity index (χ3v) is 2.79. The molecule has 18 heavy (non-hydrogen) atoms. The third-order valence-electron chi connectivity index (χ3n) is 2.79. The second kappa shape index (κ2) is 5.67. The highest BCUT2D eigenvalue weighted by Gasteiger charge is 2.31.